The molecule has 18 heavy (non-hydrogen) atoms. The maximum atomic E-state index is 11.9. The highest BCUT2D eigenvalue weighted by Crippen LogP contribution is 2.18. The Morgan fingerprint density at radius 3 is 2.67 bits per heavy atom. The number of amides is 1. The predicted molar refractivity (Wildman–Crippen MR) is 72.7 cm³/mol. The van der Waals surface area contributed by atoms with Gasteiger partial charge in [0.15, 0.2) is 0 Å². The smallest absolute Gasteiger partial charge is 0.303 e. The second-order valence-electron chi connectivity index (χ2n) is 4.29. The molecule has 0 saturated heterocycles. The minimum absolute atomic E-state index is 0.0521. The van der Waals surface area contributed by atoms with Crippen LogP contribution in [0.1, 0.15) is 35.7 Å². The number of carboxylic acid groups (broad SMARTS) is 1. The van der Waals surface area contributed by atoms with Crippen LogP contribution in [-0.4, -0.2) is 23.0 Å². The molecule has 0 fully saturated rings. The number of carboxylic acids is 1. The highest BCUT2D eigenvalue weighted by molar-refractivity contribution is 9.10. The van der Waals surface area contributed by atoms with Crippen molar-refractivity contribution in [1.29, 1.82) is 0 Å². The van der Waals surface area contributed by atoms with E-state index in [0.29, 0.717) is 12.0 Å². The molecule has 4 nitrogen and oxygen atoms in total. The van der Waals surface area contributed by atoms with E-state index in [0.717, 1.165) is 10.0 Å². The zero-order chi connectivity index (χ0) is 13.7. The molecule has 1 rings (SSSR count). The first-order valence-electron chi connectivity index (χ1n) is 5.69. The van der Waals surface area contributed by atoms with Gasteiger partial charge in [-0.15, -0.1) is 0 Å². The van der Waals surface area contributed by atoms with E-state index < -0.39 is 5.97 Å². The lowest BCUT2D eigenvalue weighted by atomic mass is 10.1. The summed E-state index contributed by atoms with van der Waals surface area (Å²) in [4.78, 5) is 22.4. The number of benzene rings is 1. The van der Waals surface area contributed by atoms with Gasteiger partial charge in [0.1, 0.15) is 0 Å². The van der Waals surface area contributed by atoms with E-state index in [1.54, 1.807) is 13.0 Å². The number of halogens is 1. The fourth-order valence-corrected chi connectivity index (χ4v) is 2.19. The number of rotatable bonds is 5. The highest BCUT2D eigenvalue weighted by atomic mass is 79.9. The number of hydrogen-bond acceptors (Lipinski definition) is 2. The molecule has 2 N–H and O–H groups in total. The van der Waals surface area contributed by atoms with Crippen molar-refractivity contribution in [2.75, 3.05) is 0 Å². The van der Waals surface area contributed by atoms with Gasteiger partial charge in [-0.25, -0.2) is 0 Å². The Balaban J connectivity index is 2.62. The number of aryl methyl sites for hydroxylation is 1. The molecule has 0 heterocycles. The molecule has 0 radical (unpaired) electrons. The fourth-order valence-electron chi connectivity index (χ4n) is 1.52. The van der Waals surface area contributed by atoms with Gasteiger partial charge in [0.05, 0.1) is 5.56 Å². The summed E-state index contributed by atoms with van der Waals surface area (Å²) in [6, 6.07) is 5.32. The van der Waals surface area contributed by atoms with Crippen LogP contribution >= 0.6 is 15.9 Å². The topological polar surface area (TPSA) is 66.4 Å². The molecule has 5 heteroatoms. The van der Waals surface area contributed by atoms with Crippen LogP contribution in [0.5, 0.6) is 0 Å². The Hall–Kier alpha value is -1.36. The normalized spacial score (nSPS) is 11.9. The SMILES string of the molecule is Cc1ccc(C(=O)NC(C)CCC(=O)O)c(Br)c1. The third-order valence-corrected chi connectivity index (χ3v) is 3.19. The second-order valence-corrected chi connectivity index (χ2v) is 5.14. The van der Waals surface area contributed by atoms with E-state index in [4.69, 9.17) is 5.11 Å². The van der Waals surface area contributed by atoms with E-state index in [9.17, 15) is 9.59 Å². The molecule has 1 aromatic carbocycles. The fraction of sp³-hybridized carbons (Fsp3) is 0.385. The Morgan fingerprint density at radius 1 is 1.44 bits per heavy atom. The predicted octanol–water partition coefficient (Wildman–Crippen LogP) is 2.74. The van der Waals surface area contributed by atoms with Gasteiger partial charge in [-0.1, -0.05) is 6.07 Å². The van der Waals surface area contributed by atoms with Gasteiger partial charge >= 0.3 is 5.97 Å². The summed E-state index contributed by atoms with van der Waals surface area (Å²) in [5.74, 6) is -1.05. The first kappa shape index (κ1) is 14.7. The van der Waals surface area contributed by atoms with Crippen molar-refractivity contribution in [3.8, 4) is 0 Å². The Kier molecular flexibility index (Phi) is 5.34. The van der Waals surface area contributed by atoms with Crippen LogP contribution < -0.4 is 5.32 Å². The third-order valence-electron chi connectivity index (χ3n) is 2.54. The summed E-state index contributed by atoms with van der Waals surface area (Å²) in [5.41, 5.74) is 1.63. The molecule has 0 bridgehead atoms. The third kappa shape index (κ3) is 4.49. The van der Waals surface area contributed by atoms with E-state index in [1.165, 1.54) is 0 Å². The summed E-state index contributed by atoms with van der Waals surface area (Å²) >= 11 is 3.34. The molecule has 1 amide bonds. The van der Waals surface area contributed by atoms with E-state index in [-0.39, 0.29) is 18.4 Å². The molecule has 1 unspecified atom stereocenters. The zero-order valence-electron chi connectivity index (χ0n) is 10.4. The largest absolute Gasteiger partial charge is 0.481 e. The summed E-state index contributed by atoms with van der Waals surface area (Å²) in [6.45, 7) is 3.74. The van der Waals surface area contributed by atoms with E-state index in [1.807, 2.05) is 19.1 Å². The zero-order valence-corrected chi connectivity index (χ0v) is 12.0. The van der Waals surface area contributed by atoms with Crippen LogP contribution in [0, 0.1) is 6.92 Å². The molecular formula is C13H16BrNO3. The lowest BCUT2D eigenvalue weighted by Crippen LogP contribution is -2.33. The first-order chi connectivity index (χ1) is 8.40. The number of carbonyl (C=O) groups excluding carboxylic acids is 1. The minimum Gasteiger partial charge on any atom is -0.481 e. The summed E-state index contributed by atoms with van der Waals surface area (Å²) < 4.78 is 0.741. The van der Waals surface area contributed by atoms with Gasteiger partial charge < -0.3 is 10.4 Å². The molecule has 0 spiro atoms. The first-order valence-corrected chi connectivity index (χ1v) is 6.48. The molecule has 0 aliphatic carbocycles. The second kappa shape index (κ2) is 6.54. The van der Waals surface area contributed by atoms with Gasteiger partial charge in [-0.2, -0.15) is 0 Å². The van der Waals surface area contributed by atoms with E-state index >= 15 is 0 Å². The molecule has 0 saturated carbocycles. The molecule has 0 aliphatic heterocycles. The van der Waals surface area contributed by atoms with Gasteiger partial charge in [-0.05, 0) is 53.9 Å². The molecular weight excluding hydrogens is 298 g/mol. The van der Waals surface area contributed by atoms with Gasteiger partial charge in [0.2, 0.25) is 0 Å². The van der Waals surface area contributed by atoms with Crippen LogP contribution in [0.2, 0.25) is 0 Å². The summed E-state index contributed by atoms with van der Waals surface area (Å²) in [7, 11) is 0. The van der Waals surface area contributed by atoms with Crippen molar-refractivity contribution in [2.24, 2.45) is 0 Å². The summed E-state index contributed by atoms with van der Waals surface area (Å²) in [6.07, 6.45) is 0.473. The van der Waals surface area contributed by atoms with Crippen molar-refractivity contribution in [1.82, 2.24) is 5.32 Å². The average molecular weight is 314 g/mol. The maximum absolute atomic E-state index is 11.9. The monoisotopic (exact) mass is 313 g/mol. The minimum atomic E-state index is -0.854. The average Bonchev–Trinajstić information content (AvgIpc) is 2.26. The number of nitrogens with one attached hydrogen (secondary N) is 1. The standard InChI is InChI=1S/C13H16BrNO3/c1-8-3-5-10(11(14)7-8)13(18)15-9(2)4-6-12(16)17/h3,5,7,9H,4,6H2,1-2H3,(H,15,18)(H,16,17). The van der Waals surface area contributed by atoms with Crippen LogP contribution in [0.4, 0.5) is 0 Å². The van der Waals surface area contributed by atoms with Crippen molar-refractivity contribution < 1.29 is 14.7 Å². The van der Waals surface area contributed by atoms with Gasteiger partial charge in [0, 0.05) is 16.9 Å². The number of aliphatic carboxylic acids is 1. The lowest BCUT2D eigenvalue weighted by Gasteiger charge is -2.13. The van der Waals surface area contributed by atoms with Crippen molar-refractivity contribution in [3.63, 3.8) is 0 Å². The van der Waals surface area contributed by atoms with Crippen LogP contribution in [-0.2, 0) is 4.79 Å². The molecule has 0 aromatic heterocycles. The van der Waals surface area contributed by atoms with Gasteiger partial charge in [-0.3, -0.25) is 9.59 Å². The Labute approximate surface area is 115 Å². The quantitative estimate of drug-likeness (QED) is 0.878. The van der Waals surface area contributed by atoms with Crippen LogP contribution in [0.25, 0.3) is 0 Å². The highest BCUT2D eigenvalue weighted by Gasteiger charge is 2.13. The summed E-state index contributed by atoms with van der Waals surface area (Å²) in [5, 5.41) is 11.3. The Morgan fingerprint density at radius 2 is 2.11 bits per heavy atom. The van der Waals surface area contributed by atoms with Crippen molar-refractivity contribution >= 4 is 27.8 Å². The van der Waals surface area contributed by atoms with Crippen molar-refractivity contribution in [3.05, 3.63) is 33.8 Å². The number of carbonyl (C=O) groups is 2. The molecule has 1 atom stereocenters. The van der Waals surface area contributed by atoms with Crippen LogP contribution in [0.15, 0.2) is 22.7 Å². The lowest BCUT2D eigenvalue weighted by molar-refractivity contribution is -0.137. The molecule has 1 aromatic rings. The van der Waals surface area contributed by atoms with Gasteiger partial charge in [0.25, 0.3) is 5.91 Å². The maximum Gasteiger partial charge on any atom is 0.303 e. The number of hydrogen-bond donors (Lipinski definition) is 2. The molecule has 0 aliphatic rings. The molecule has 98 valence electrons. The van der Waals surface area contributed by atoms with E-state index in [2.05, 4.69) is 21.2 Å². The van der Waals surface area contributed by atoms with Crippen LogP contribution in [0.3, 0.4) is 0 Å². The van der Waals surface area contributed by atoms with Crippen molar-refractivity contribution in [2.45, 2.75) is 32.7 Å². The Bertz CT molecular complexity index is 460.